The summed E-state index contributed by atoms with van der Waals surface area (Å²) in [6, 6.07) is 20.9. The number of aliphatic carboxylic acids is 1. The monoisotopic (exact) mass is 346 g/mol. The molecule has 5 heteroatoms. The Bertz CT molecular complexity index is 975. The van der Waals surface area contributed by atoms with Crippen LogP contribution >= 0.6 is 0 Å². The maximum atomic E-state index is 12.0. The molecule has 1 atom stereocenters. The van der Waals surface area contributed by atoms with Gasteiger partial charge in [0.25, 0.3) is 0 Å². The summed E-state index contributed by atoms with van der Waals surface area (Å²) in [5, 5.41) is 13.1. The quantitative estimate of drug-likeness (QED) is 0.728. The van der Waals surface area contributed by atoms with Crippen LogP contribution in [0.5, 0.6) is 11.5 Å². The highest BCUT2D eigenvalue weighted by molar-refractivity contribution is 5.99. The van der Waals surface area contributed by atoms with Crippen molar-refractivity contribution in [2.24, 2.45) is 5.92 Å². The van der Waals surface area contributed by atoms with E-state index in [1.807, 2.05) is 42.5 Å². The van der Waals surface area contributed by atoms with E-state index in [1.165, 1.54) is 4.90 Å². The minimum atomic E-state index is -1.18. The molecule has 3 aromatic rings. The Kier molecular flexibility index (Phi) is 4.05. The second kappa shape index (κ2) is 6.52. The van der Waals surface area contributed by atoms with Crippen LogP contribution in [0.25, 0.3) is 10.8 Å². The van der Waals surface area contributed by atoms with Crippen LogP contribution < -0.4 is 14.7 Å². The number of hydrogen-bond acceptors (Lipinski definition) is 4. The van der Waals surface area contributed by atoms with Crippen molar-refractivity contribution < 1.29 is 19.4 Å². The maximum Gasteiger partial charge on any atom is 0.227 e. The molecule has 4 rings (SSSR count). The first kappa shape index (κ1) is 16.1. The molecule has 0 aliphatic carbocycles. The molecule has 26 heavy (non-hydrogen) atoms. The lowest BCUT2D eigenvalue weighted by atomic mass is 10.1. The van der Waals surface area contributed by atoms with Crippen LogP contribution in [0.15, 0.2) is 66.7 Å². The Morgan fingerprint density at radius 1 is 1.00 bits per heavy atom. The third-order valence-electron chi connectivity index (χ3n) is 4.58. The van der Waals surface area contributed by atoms with Crippen LogP contribution in [-0.2, 0) is 9.59 Å². The van der Waals surface area contributed by atoms with Crippen molar-refractivity contribution >= 4 is 28.3 Å². The van der Waals surface area contributed by atoms with Gasteiger partial charge in [0.15, 0.2) is 0 Å². The van der Waals surface area contributed by atoms with Crippen molar-refractivity contribution in [3.63, 3.8) is 0 Å². The van der Waals surface area contributed by atoms with Gasteiger partial charge in [-0.1, -0.05) is 36.4 Å². The van der Waals surface area contributed by atoms with E-state index in [4.69, 9.17) is 4.74 Å². The topological polar surface area (TPSA) is 69.7 Å². The van der Waals surface area contributed by atoms with Crippen molar-refractivity contribution in [1.82, 2.24) is 0 Å². The van der Waals surface area contributed by atoms with E-state index >= 15 is 0 Å². The largest absolute Gasteiger partial charge is 0.550 e. The SMILES string of the molecule is O=C([O-])[C@@H]1CC(=O)N(c2ccc(Oc3cccc4ccccc34)cc2)C1. The maximum absolute atomic E-state index is 12.0. The molecular weight excluding hydrogens is 330 g/mol. The first-order valence-corrected chi connectivity index (χ1v) is 8.39. The zero-order valence-electron chi connectivity index (χ0n) is 13.9. The van der Waals surface area contributed by atoms with Crippen LogP contribution in [0.4, 0.5) is 5.69 Å². The molecule has 1 aliphatic heterocycles. The molecule has 1 amide bonds. The lowest BCUT2D eigenvalue weighted by Gasteiger charge is -2.17. The van der Waals surface area contributed by atoms with Gasteiger partial charge in [0.05, 0.1) is 0 Å². The molecule has 1 saturated heterocycles. The fourth-order valence-electron chi connectivity index (χ4n) is 3.22. The van der Waals surface area contributed by atoms with Crippen LogP contribution in [-0.4, -0.2) is 18.4 Å². The summed E-state index contributed by atoms with van der Waals surface area (Å²) in [6.45, 7) is 0.144. The molecule has 5 nitrogen and oxygen atoms in total. The van der Waals surface area contributed by atoms with E-state index in [0.717, 1.165) is 16.5 Å². The molecule has 0 radical (unpaired) electrons. The Labute approximate surface area is 150 Å². The molecule has 0 saturated carbocycles. The molecule has 0 bridgehead atoms. The van der Waals surface area contributed by atoms with Crippen molar-refractivity contribution in [2.45, 2.75) is 6.42 Å². The third kappa shape index (κ3) is 2.99. The van der Waals surface area contributed by atoms with Gasteiger partial charge in [-0.05, 0) is 35.7 Å². The van der Waals surface area contributed by atoms with Gasteiger partial charge in [-0.3, -0.25) is 4.79 Å². The molecule has 1 aliphatic rings. The summed E-state index contributed by atoms with van der Waals surface area (Å²) in [5.74, 6) is -0.744. The standard InChI is InChI=1S/C21H17NO4/c23-20-12-15(21(24)25)13-22(20)16-8-10-17(11-9-16)26-19-7-3-5-14-4-1-2-6-18(14)19/h1-11,15H,12-13H2,(H,24,25)/p-1/t15-/m1/s1. The molecular formula is C21H16NO4-. The summed E-state index contributed by atoms with van der Waals surface area (Å²) >= 11 is 0. The van der Waals surface area contributed by atoms with Crippen molar-refractivity contribution in [3.8, 4) is 11.5 Å². The number of carboxylic acid groups (broad SMARTS) is 1. The van der Waals surface area contributed by atoms with Gasteiger partial charge in [-0.25, -0.2) is 0 Å². The smallest absolute Gasteiger partial charge is 0.227 e. The summed E-state index contributed by atoms with van der Waals surface area (Å²) in [6.07, 6.45) is -0.0173. The lowest BCUT2D eigenvalue weighted by Crippen LogP contribution is -2.33. The molecule has 0 N–H and O–H groups in total. The van der Waals surface area contributed by atoms with E-state index in [2.05, 4.69) is 0 Å². The van der Waals surface area contributed by atoms with Gasteiger partial charge in [0.2, 0.25) is 5.91 Å². The predicted molar refractivity (Wildman–Crippen MR) is 95.9 cm³/mol. The van der Waals surface area contributed by atoms with Crippen LogP contribution in [0.2, 0.25) is 0 Å². The Balaban J connectivity index is 1.55. The van der Waals surface area contributed by atoms with E-state index < -0.39 is 11.9 Å². The second-order valence-corrected chi connectivity index (χ2v) is 6.30. The molecule has 1 heterocycles. The van der Waals surface area contributed by atoms with Gasteiger partial charge < -0.3 is 19.5 Å². The number of nitrogens with zero attached hydrogens (tertiary/aromatic N) is 1. The minimum absolute atomic E-state index is 0.0173. The van der Waals surface area contributed by atoms with Gasteiger partial charge in [0.1, 0.15) is 11.5 Å². The number of amides is 1. The number of carboxylic acids is 1. The third-order valence-corrected chi connectivity index (χ3v) is 4.58. The average Bonchev–Trinajstić information content (AvgIpc) is 3.05. The average molecular weight is 346 g/mol. The minimum Gasteiger partial charge on any atom is -0.550 e. The fourth-order valence-corrected chi connectivity index (χ4v) is 3.22. The molecule has 130 valence electrons. The highest BCUT2D eigenvalue weighted by Crippen LogP contribution is 2.32. The van der Waals surface area contributed by atoms with Crippen molar-refractivity contribution in [2.75, 3.05) is 11.4 Å². The van der Waals surface area contributed by atoms with Gasteiger partial charge in [-0.2, -0.15) is 0 Å². The lowest BCUT2D eigenvalue weighted by molar-refractivity contribution is -0.310. The van der Waals surface area contributed by atoms with E-state index in [0.29, 0.717) is 11.4 Å². The number of anilines is 1. The van der Waals surface area contributed by atoms with E-state index in [9.17, 15) is 14.7 Å². The summed E-state index contributed by atoms with van der Waals surface area (Å²) in [7, 11) is 0. The zero-order chi connectivity index (χ0) is 18.1. The van der Waals surface area contributed by atoms with Gasteiger partial charge in [0, 0.05) is 35.9 Å². The molecule has 0 spiro atoms. The van der Waals surface area contributed by atoms with Gasteiger partial charge >= 0.3 is 0 Å². The summed E-state index contributed by atoms with van der Waals surface area (Å²) < 4.78 is 5.99. The summed E-state index contributed by atoms with van der Waals surface area (Å²) in [4.78, 5) is 24.5. The number of ether oxygens (including phenoxy) is 1. The van der Waals surface area contributed by atoms with Crippen LogP contribution in [0.3, 0.4) is 0 Å². The highest BCUT2D eigenvalue weighted by Gasteiger charge is 2.31. The summed E-state index contributed by atoms with van der Waals surface area (Å²) in [5.41, 5.74) is 0.656. The highest BCUT2D eigenvalue weighted by atomic mass is 16.5. The first-order chi connectivity index (χ1) is 12.6. The number of carbonyl (C=O) groups is 2. The van der Waals surface area contributed by atoms with Gasteiger partial charge in [-0.15, -0.1) is 0 Å². The normalized spacial score (nSPS) is 16.8. The van der Waals surface area contributed by atoms with E-state index in [1.54, 1.807) is 24.3 Å². The van der Waals surface area contributed by atoms with Crippen molar-refractivity contribution in [1.29, 1.82) is 0 Å². The number of benzene rings is 3. The first-order valence-electron chi connectivity index (χ1n) is 8.39. The predicted octanol–water partition coefficient (Wildman–Crippen LogP) is 2.73. The molecule has 0 unspecified atom stereocenters. The Hall–Kier alpha value is -3.34. The fraction of sp³-hybridized carbons (Fsp3) is 0.143. The molecule has 1 fully saturated rings. The van der Waals surface area contributed by atoms with Crippen LogP contribution in [0.1, 0.15) is 6.42 Å². The molecule has 3 aromatic carbocycles. The number of rotatable bonds is 4. The Morgan fingerprint density at radius 3 is 2.46 bits per heavy atom. The Morgan fingerprint density at radius 2 is 1.73 bits per heavy atom. The number of carbonyl (C=O) groups excluding carboxylic acids is 2. The van der Waals surface area contributed by atoms with Crippen molar-refractivity contribution in [3.05, 3.63) is 66.7 Å². The molecule has 0 aromatic heterocycles. The number of fused-ring (bicyclic) bond motifs is 1. The zero-order valence-corrected chi connectivity index (χ0v) is 13.9. The van der Waals surface area contributed by atoms with E-state index in [-0.39, 0.29) is 18.9 Å². The number of hydrogen-bond donors (Lipinski definition) is 0. The van der Waals surface area contributed by atoms with Crippen LogP contribution in [0, 0.1) is 5.92 Å². The second-order valence-electron chi connectivity index (χ2n) is 6.30.